The molecular formula is C11H14BrNO3S. The van der Waals surface area contributed by atoms with Gasteiger partial charge >= 0.3 is 5.97 Å². The summed E-state index contributed by atoms with van der Waals surface area (Å²) in [4.78, 5) is 23.4. The Morgan fingerprint density at radius 2 is 2.29 bits per heavy atom. The van der Waals surface area contributed by atoms with E-state index in [0.717, 1.165) is 15.8 Å². The molecule has 0 saturated heterocycles. The maximum absolute atomic E-state index is 11.5. The van der Waals surface area contributed by atoms with Gasteiger partial charge in [0.05, 0.1) is 0 Å². The molecule has 0 aliphatic heterocycles. The van der Waals surface area contributed by atoms with Crippen LogP contribution in [-0.2, 0) is 16.0 Å². The second-order valence-electron chi connectivity index (χ2n) is 3.57. The first-order valence-corrected chi connectivity index (χ1v) is 6.95. The van der Waals surface area contributed by atoms with Crippen LogP contribution in [-0.4, -0.2) is 23.5 Å². The molecule has 1 heterocycles. The lowest BCUT2D eigenvalue weighted by molar-refractivity contribution is -0.147. The Morgan fingerprint density at radius 1 is 1.59 bits per heavy atom. The second-order valence-corrected chi connectivity index (χ2v) is 5.48. The van der Waals surface area contributed by atoms with Crippen LogP contribution in [0, 0.1) is 5.92 Å². The molecule has 17 heavy (non-hydrogen) atoms. The fourth-order valence-electron chi connectivity index (χ4n) is 1.39. The molecule has 1 aromatic rings. The van der Waals surface area contributed by atoms with E-state index in [2.05, 4.69) is 21.2 Å². The largest absolute Gasteiger partial charge is 0.481 e. The first-order valence-electron chi connectivity index (χ1n) is 5.28. The van der Waals surface area contributed by atoms with E-state index in [9.17, 15) is 9.59 Å². The molecular weight excluding hydrogens is 306 g/mol. The predicted molar refractivity (Wildman–Crippen MR) is 70.1 cm³/mol. The number of amides is 1. The maximum atomic E-state index is 11.5. The third-order valence-electron chi connectivity index (χ3n) is 2.32. The van der Waals surface area contributed by atoms with Gasteiger partial charge in [0.25, 0.3) is 0 Å². The summed E-state index contributed by atoms with van der Waals surface area (Å²) in [5.41, 5.74) is 0. The van der Waals surface area contributed by atoms with Crippen molar-refractivity contribution in [3.05, 3.63) is 20.8 Å². The van der Waals surface area contributed by atoms with Gasteiger partial charge in [0.1, 0.15) is 5.92 Å². The number of aliphatic carboxylic acids is 1. The minimum Gasteiger partial charge on any atom is -0.481 e. The van der Waals surface area contributed by atoms with E-state index in [1.54, 1.807) is 18.3 Å². The van der Waals surface area contributed by atoms with Gasteiger partial charge < -0.3 is 10.4 Å². The van der Waals surface area contributed by atoms with E-state index >= 15 is 0 Å². The van der Waals surface area contributed by atoms with Crippen molar-refractivity contribution in [2.45, 2.75) is 19.8 Å². The summed E-state index contributed by atoms with van der Waals surface area (Å²) in [6, 6.07) is 1.99. The Hall–Kier alpha value is -0.880. The fourth-order valence-corrected chi connectivity index (χ4v) is 2.84. The zero-order valence-electron chi connectivity index (χ0n) is 9.40. The van der Waals surface area contributed by atoms with Crippen molar-refractivity contribution in [2.75, 3.05) is 6.54 Å². The number of carboxylic acid groups (broad SMARTS) is 1. The van der Waals surface area contributed by atoms with Crippen molar-refractivity contribution in [3.63, 3.8) is 0 Å². The Morgan fingerprint density at radius 3 is 2.76 bits per heavy atom. The first kappa shape index (κ1) is 14.2. The highest BCUT2D eigenvalue weighted by Gasteiger charge is 2.23. The normalized spacial score (nSPS) is 12.1. The van der Waals surface area contributed by atoms with Crippen LogP contribution < -0.4 is 5.32 Å². The predicted octanol–water partition coefficient (Wildman–Crippen LogP) is 2.28. The van der Waals surface area contributed by atoms with Crippen molar-refractivity contribution in [1.82, 2.24) is 5.32 Å². The lowest BCUT2D eigenvalue weighted by Crippen LogP contribution is -2.36. The van der Waals surface area contributed by atoms with E-state index in [0.29, 0.717) is 13.0 Å². The molecule has 2 N–H and O–H groups in total. The molecule has 1 amide bonds. The average Bonchev–Trinajstić information content (AvgIpc) is 2.64. The zero-order valence-corrected chi connectivity index (χ0v) is 11.8. The Balaban J connectivity index is 2.35. The zero-order chi connectivity index (χ0) is 12.8. The maximum Gasteiger partial charge on any atom is 0.316 e. The smallest absolute Gasteiger partial charge is 0.316 e. The quantitative estimate of drug-likeness (QED) is 0.790. The summed E-state index contributed by atoms with van der Waals surface area (Å²) >= 11 is 4.96. The number of halogens is 1. The minimum atomic E-state index is -1.07. The Kier molecular flexibility index (Phi) is 5.64. The molecule has 0 bridgehead atoms. The minimum absolute atomic E-state index is 0.311. The summed E-state index contributed by atoms with van der Waals surface area (Å²) in [5, 5.41) is 13.4. The van der Waals surface area contributed by atoms with Gasteiger partial charge in [-0.15, -0.1) is 11.3 Å². The van der Waals surface area contributed by atoms with Gasteiger partial charge in [-0.1, -0.05) is 6.92 Å². The molecule has 0 aliphatic carbocycles. The van der Waals surface area contributed by atoms with E-state index in [4.69, 9.17) is 5.11 Å². The van der Waals surface area contributed by atoms with Gasteiger partial charge in [0, 0.05) is 21.3 Å². The molecule has 4 nitrogen and oxygen atoms in total. The van der Waals surface area contributed by atoms with Crippen molar-refractivity contribution in [1.29, 1.82) is 0 Å². The van der Waals surface area contributed by atoms with Gasteiger partial charge in [-0.3, -0.25) is 9.59 Å². The highest BCUT2D eigenvalue weighted by Crippen LogP contribution is 2.19. The second kappa shape index (κ2) is 6.76. The molecule has 0 saturated carbocycles. The van der Waals surface area contributed by atoms with Crippen LogP contribution in [0.25, 0.3) is 0 Å². The monoisotopic (exact) mass is 319 g/mol. The summed E-state index contributed by atoms with van der Waals surface area (Å²) < 4.78 is 1.03. The Labute approximate surface area is 112 Å². The summed E-state index contributed by atoms with van der Waals surface area (Å²) in [7, 11) is 0. The van der Waals surface area contributed by atoms with E-state index in [-0.39, 0.29) is 0 Å². The summed E-state index contributed by atoms with van der Waals surface area (Å²) in [6.45, 7) is 2.16. The molecule has 1 rings (SSSR count). The van der Waals surface area contributed by atoms with Crippen LogP contribution in [0.4, 0.5) is 0 Å². The van der Waals surface area contributed by atoms with Crippen LogP contribution in [0.5, 0.6) is 0 Å². The number of hydrogen-bond acceptors (Lipinski definition) is 3. The summed E-state index contributed by atoms with van der Waals surface area (Å²) in [5.74, 6) is -2.41. The molecule has 0 radical (unpaired) electrons. The van der Waals surface area contributed by atoms with Crippen molar-refractivity contribution < 1.29 is 14.7 Å². The van der Waals surface area contributed by atoms with Crippen molar-refractivity contribution >= 4 is 39.1 Å². The highest BCUT2D eigenvalue weighted by atomic mass is 79.9. The number of carbonyl (C=O) groups is 2. The first-order chi connectivity index (χ1) is 8.04. The molecule has 1 atom stereocenters. The molecule has 94 valence electrons. The number of carboxylic acids is 1. The van der Waals surface area contributed by atoms with E-state index in [1.807, 2.05) is 11.4 Å². The summed E-state index contributed by atoms with van der Waals surface area (Å²) in [6.07, 6.45) is 1.03. The van der Waals surface area contributed by atoms with Gasteiger partial charge in [-0.2, -0.15) is 0 Å². The van der Waals surface area contributed by atoms with Gasteiger partial charge in [-0.05, 0) is 34.8 Å². The topological polar surface area (TPSA) is 66.4 Å². The number of rotatable bonds is 6. The molecule has 1 aromatic heterocycles. The highest BCUT2D eigenvalue weighted by molar-refractivity contribution is 9.10. The molecule has 1 unspecified atom stereocenters. The van der Waals surface area contributed by atoms with E-state index < -0.39 is 17.8 Å². The van der Waals surface area contributed by atoms with Gasteiger partial charge in [-0.25, -0.2) is 0 Å². The molecule has 0 aromatic carbocycles. The number of hydrogen-bond donors (Lipinski definition) is 2. The van der Waals surface area contributed by atoms with Crippen LogP contribution in [0.15, 0.2) is 15.9 Å². The van der Waals surface area contributed by atoms with Gasteiger partial charge in [0.2, 0.25) is 5.91 Å². The average molecular weight is 320 g/mol. The SMILES string of the molecule is CCC(C(=O)O)C(=O)NCCc1cc(Br)cs1. The van der Waals surface area contributed by atoms with Crippen LogP contribution in [0.1, 0.15) is 18.2 Å². The van der Waals surface area contributed by atoms with E-state index in [1.165, 1.54) is 0 Å². The standard InChI is InChI=1S/C11H14BrNO3S/c1-2-9(11(15)16)10(14)13-4-3-8-5-7(12)6-17-8/h5-6,9H,2-4H2,1H3,(H,13,14)(H,15,16). The van der Waals surface area contributed by atoms with Crippen LogP contribution >= 0.6 is 27.3 Å². The fraction of sp³-hybridized carbons (Fsp3) is 0.455. The third-order valence-corrected chi connectivity index (χ3v) is 4.07. The molecule has 0 spiro atoms. The molecule has 0 aliphatic rings. The van der Waals surface area contributed by atoms with Crippen molar-refractivity contribution in [2.24, 2.45) is 5.92 Å². The lowest BCUT2D eigenvalue weighted by Gasteiger charge is -2.09. The Bertz CT molecular complexity index is 405. The number of carbonyl (C=O) groups excluding carboxylic acids is 1. The number of thiophene rings is 1. The van der Waals surface area contributed by atoms with Gasteiger partial charge in [0.15, 0.2) is 0 Å². The number of nitrogens with one attached hydrogen (secondary N) is 1. The van der Waals surface area contributed by atoms with Crippen LogP contribution in [0.3, 0.4) is 0 Å². The lowest BCUT2D eigenvalue weighted by atomic mass is 10.1. The van der Waals surface area contributed by atoms with Crippen LogP contribution in [0.2, 0.25) is 0 Å². The van der Waals surface area contributed by atoms with Crippen molar-refractivity contribution in [3.8, 4) is 0 Å². The third kappa shape index (κ3) is 4.47. The molecule has 0 fully saturated rings. The molecule has 6 heteroatoms.